The number of aliphatic hydroxyl groups excluding tert-OH is 2. The Hall–Kier alpha value is -0.650. The molecule has 148 valence electrons. The van der Waals surface area contributed by atoms with Crippen LogP contribution in [-0.2, 0) is 4.79 Å². The van der Waals surface area contributed by atoms with Gasteiger partial charge in [-0.15, -0.1) is 0 Å². The SMILES string of the molecule is CCCCCCCCCCC[C@@H]1CCN[C@H](C(=O)NCC(O)CO)C1. The zero-order valence-corrected chi connectivity index (χ0v) is 16.1. The highest BCUT2D eigenvalue weighted by molar-refractivity contribution is 5.81. The molecule has 3 atom stereocenters. The summed E-state index contributed by atoms with van der Waals surface area (Å²) in [5.74, 6) is 0.577. The van der Waals surface area contributed by atoms with E-state index in [1.165, 1.54) is 64.2 Å². The molecule has 1 aliphatic heterocycles. The van der Waals surface area contributed by atoms with Crippen LogP contribution in [0.1, 0.15) is 84.0 Å². The fourth-order valence-corrected chi connectivity index (χ4v) is 3.61. The minimum Gasteiger partial charge on any atom is -0.394 e. The van der Waals surface area contributed by atoms with Crippen molar-refractivity contribution in [3.8, 4) is 0 Å². The molecule has 0 bridgehead atoms. The first-order chi connectivity index (χ1) is 12.2. The maximum Gasteiger partial charge on any atom is 0.237 e. The van der Waals surface area contributed by atoms with Crippen LogP contribution in [0, 0.1) is 5.92 Å². The van der Waals surface area contributed by atoms with Crippen LogP contribution < -0.4 is 10.6 Å². The van der Waals surface area contributed by atoms with Crippen molar-refractivity contribution in [2.24, 2.45) is 5.92 Å². The van der Waals surface area contributed by atoms with Crippen LogP contribution in [0.5, 0.6) is 0 Å². The molecule has 1 aliphatic rings. The Balaban J connectivity index is 2.06. The molecule has 1 unspecified atom stereocenters. The second-order valence-electron chi connectivity index (χ2n) is 7.60. The average Bonchev–Trinajstić information content (AvgIpc) is 2.64. The summed E-state index contributed by atoms with van der Waals surface area (Å²) in [7, 11) is 0. The molecule has 1 rings (SSSR count). The smallest absolute Gasteiger partial charge is 0.237 e. The molecule has 1 amide bonds. The monoisotopic (exact) mass is 356 g/mol. The minimum atomic E-state index is -0.870. The number of nitrogens with one attached hydrogen (secondary N) is 2. The van der Waals surface area contributed by atoms with Gasteiger partial charge >= 0.3 is 0 Å². The molecule has 1 saturated heterocycles. The third-order valence-electron chi connectivity index (χ3n) is 5.27. The highest BCUT2D eigenvalue weighted by Crippen LogP contribution is 2.23. The lowest BCUT2D eigenvalue weighted by Crippen LogP contribution is -2.50. The summed E-state index contributed by atoms with van der Waals surface area (Å²) in [5.41, 5.74) is 0. The van der Waals surface area contributed by atoms with Crippen molar-refractivity contribution in [2.45, 2.75) is 96.1 Å². The molecule has 1 fully saturated rings. The number of hydrogen-bond acceptors (Lipinski definition) is 4. The van der Waals surface area contributed by atoms with E-state index < -0.39 is 6.10 Å². The number of aliphatic hydroxyl groups is 2. The van der Waals surface area contributed by atoms with Crippen molar-refractivity contribution >= 4 is 5.91 Å². The van der Waals surface area contributed by atoms with Crippen LogP contribution in [0.2, 0.25) is 0 Å². The summed E-state index contributed by atoms with van der Waals surface area (Å²) in [6.07, 6.45) is 14.6. The lowest BCUT2D eigenvalue weighted by Gasteiger charge is -2.29. The van der Waals surface area contributed by atoms with Crippen molar-refractivity contribution in [3.63, 3.8) is 0 Å². The van der Waals surface area contributed by atoms with Crippen LogP contribution in [0.4, 0.5) is 0 Å². The molecule has 0 aromatic rings. The fraction of sp³-hybridized carbons (Fsp3) is 0.950. The van der Waals surface area contributed by atoms with Crippen LogP contribution in [0.3, 0.4) is 0 Å². The van der Waals surface area contributed by atoms with Crippen molar-refractivity contribution in [2.75, 3.05) is 19.7 Å². The van der Waals surface area contributed by atoms with Gasteiger partial charge in [0.15, 0.2) is 0 Å². The highest BCUT2D eigenvalue weighted by Gasteiger charge is 2.26. The van der Waals surface area contributed by atoms with Gasteiger partial charge in [-0.1, -0.05) is 71.1 Å². The Morgan fingerprint density at radius 3 is 2.40 bits per heavy atom. The van der Waals surface area contributed by atoms with E-state index in [0.717, 1.165) is 19.4 Å². The largest absolute Gasteiger partial charge is 0.394 e. The van der Waals surface area contributed by atoms with Gasteiger partial charge in [0.05, 0.1) is 18.8 Å². The molecule has 1 heterocycles. The van der Waals surface area contributed by atoms with Gasteiger partial charge in [-0.2, -0.15) is 0 Å². The van der Waals surface area contributed by atoms with Crippen molar-refractivity contribution in [1.82, 2.24) is 10.6 Å². The molecule has 5 nitrogen and oxygen atoms in total. The summed E-state index contributed by atoms with van der Waals surface area (Å²) in [6.45, 7) is 2.95. The molecule has 4 N–H and O–H groups in total. The van der Waals surface area contributed by atoms with Crippen LogP contribution in [0.25, 0.3) is 0 Å². The van der Waals surface area contributed by atoms with Gasteiger partial charge in [-0.05, 0) is 25.3 Å². The summed E-state index contributed by atoms with van der Waals surface area (Å²) < 4.78 is 0. The first-order valence-corrected chi connectivity index (χ1v) is 10.5. The molecule has 5 heteroatoms. The second-order valence-corrected chi connectivity index (χ2v) is 7.60. The number of piperidine rings is 1. The third kappa shape index (κ3) is 10.8. The van der Waals surface area contributed by atoms with E-state index >= 15 is 0 Å². The second kappa shape index (κ2) is 14.5. The van der Waals surface area contributed by atoms with Crippen molar-refractivity contribution < 1.29 is 15.0 Å². The van der Waals surface area contributed by atoms with Crippen LogP contribution >= 0.6 is 0 Å². The molecular formula is C20H40N2O3. The van der Waals surface area contributed by atoms with E-state index in [0.29, 0.717) is 5.92 Å². The molecule has 0 spiro atoms. The predicted octanol–water partition coefficient (Wildman–Crippen LogP) is 2.74. The Kier molecular flexibility index (Phi) is 13.0. The number of carbonyl (C=O) groups is 1. The number of rotatable bonds is 14. The van der Waals surface area contributed by atoms with Gasteiger partial charge in [0, 0.05) is 6.54 Å². The predicted molar refractivity (Wildman–Crippen MR) is 102 cm³/mol. The van der Waals surface area contributed by atoms with Gasteiger partial charge in [-0.3, -0.25) is 4.79 Å². The molecule has 0 saturated carbocycles. The quantitative estimate of drug-likeness (QED) is 0.361. The number of unbranched alkanes of at least 4 members (excludes halogenated alkanes) is 8. The molecule has 25 heavy (non-hydrogen) atoms. The maximum atomic E-state index is 12.1. The first-order valence-electron chi connectivity index (χ1n) is 10.5. The molecule has 0 radical (unpaired) electrons. The van der Waals surface area contributed by atoms with E-state index in [1.54, 1.807) is 0 Å². The zero-order chi connectivity index (χ0) is 18.3. The topological polar surface area (TPSA) is 81.6 Å². The maximum absolute atomic E-state index is 12.1. The van der Waals surface area contributed by atoms with Gasteiger partial charge in [0.2, 0.25) is 5.91 Å². The molecular weight excluding hydrogens is 316 g/mol. The molecule has 0 aromatic carbocycles. The van der Waals surface area contributed by atoms with Gasteiger partial charge in [0.1, 0.15) is 0 Å². The lowest BCUT2D eigenvalue weighted by molar-refractivity contribution is -0.124. The van der Waals surface area contributed by atoms with Gasteiger partial charge < -0.3 is 20.8 Å². The average molecular weight is 357 g/mol. The molecule has 0 aliphatic carbocycles. The normalized spacial score (nSPS) is 21.9. The zero-order valence-electron chi connectivity index (χ0n) is 16.1. The van der Waals surface area contributed by atoms with E-state index in [-0.39, 0.29) is 25.1 Å². The van der Waals surface area contributed by atoms with Crippen molar-refractivity contribution in [3.05, 3.63) is 0 Å². The van der Waals surface area contributed by atoms with E-state index in [4.69, 9.17) is 5.11 Å². The number of carbonyl (C=O) groups excluding carboxylic acids is 1. The lowest BCUT2D eigenvalue weighted by atomic mass is 9.87. The summed E-state index contributed by atoms with van der Waals surface area (Å²) in [4.78, 5) is 12.1. The fourth-order valence-electron chi connectivity index (χ4n) is 3.61. The number of amides is 1. The Bertz CT molecular complexity index is 339. The van der Waals surface area contributed by atoms with Gasteiger partial charge in [0.25, 0.3) is 0 Å². The van der Waals surface area contributed by atoms with Crippen LogP contribution in [-0.4, -0.2) is 48.0 Å². The Morgan fingerprint density at radius 1 is 1.12 bits per heavy atom. The Morgan fingerprint density at radius 2 is 1.76 bits per heavy atom. The number of hydrogen-bond donors (Lipinski definition) is 4. The highest BCUT2D eigenvalue weighted by atomic mass is 16.3. The van der Waals surface area contributed by atoms with E-state index in [9.17, 15) is 9.90 Å². The van der Waals surface area contributed by atoms with E-state index in [1.807, 2.05) is 0 Å². The third-order valence-corrected chi connectivity index (χ3v) is 5.27. The molecule has 0 aromatic heterocycles. The van der Waals surface area contributed by atoms with Crippen molar-refractivity contribution in [1.29, 1.82) is 0 Å². The van der Waals surface area contributed by atoms with Crippen LogP contribution in [0.15, 0.2) is 0 Å². The summed E-state index contributed by atoms with van der Waals surface area (Å²) in [6, 6.07) is -0.150. The summed E-state index contributed by atoms with van der Waals surface area (Å²) >= 11 is 0. The van der Waals surface area contributed by atoms with Gasteiger partial charge in [-0.25, -0.2) is 0 Å². The Labute approximate surface area is 154 Å². The van der Waals surface area contributed by atoms with E-state index in [2.05, 4.69) is 17.6 Å². The summed E-state index contributed by atoms with van der Waals surface area (Å²) in [5, 5.41) is 24.1. The minimum absolute atomic E-state index is 0.0516. The standard InChI is InChI=1S/C20H40N2O3/c1-2-3-4-5-6-7-8-9-10-11-17-12-13-21-19(14-17)20(25)22-15-18(24)16-23/h17-19,21,23-24H,2-16H2,1H3,(H,22,25)/t17-,18?,19+/m1/s1. The first kappa shape index (κ1) is 22.4.